The van der Waals surface area contributed by atoms with E-state index in [-0.39, 0.29) is 18.8 Å². The fraction of sp³-hybridized carbons (Fsp3) is 0.815. The van der Waals surface area contributed by atoms with Crippen molar-refractivity contribution in [3.63, 3.8) is 0 Å². The molecule has 6 heteroatoms. The van der Waals surface area contributed by atoms with Crippen LogP contribution in [-0.4, -0.2) is 40.3 Å². The predicted octanol–water partition coefficient (Wildman–Crippen LogP) is 6.70. The van der Waals surface area contributed by atoms with E-state index in [1.54, 1.807) is 19.9 Å². The number of allylic oxidation sites excluding steroid dienone is 3. The van der Waals surface area contributed by atoms with Gasteiger partial charge in [0.2, 0.25) is 0 Å². The minimum Gasteiger partial charge on any atom is -0.479 e. The second-order valence-electron chi connectivity index (χ2n) is 10.4. The second-order valence-corrected chi connectivity index (χ2v) is 10.4. The molecule has 1 aliphatic heterocycles. The normalized spacial score (nSPS) is 26.0. The van der Waals surface area contributed by atoms with E-state index in [4.69, 9.17) is 9.47 Å². The summed E-state index contributed by atoms with van der Waals surface area (Å²) in [6, 6.07) is 0. The average molecular weight is 469 g/mol. The Labute approximate surface area is 199 Å². The van der Waals surface area contributed by atoms with Crippen molar-refractivity contribution in [1.29, 1.82) is 0 Å². The Hall–Kier alpha value is -1.40. The summed E-state index contributed by atoms with van der Waals surface area (Å²) in [6.07, 6.45) is 13.1. The summed E-state index contributed by atoms with van der Waals surface area (Å²) in [5.74, 6) is -1.29. The van der Waals surface area contributed by atoms with Crippen LogP contribution in [0.2, 0.25) is 0 Å². The molecule has 2 N–H and O–H groups in total. The van der Waals surface area contributed by atoms with Crippen LogP contribution >= 0.6 is 0 Å². The van der Waals surface area contributed by atoms with Crippen LogP contribution in [0.3, 0.4) is 0 Å². The van der Waals surface area contributed by atoms with Crippen molar-refractivity contribution < 1.29 is 28.9 Å². The second kappa shape index (κ2) is 12.3. The highest BCUT2D eigenvalue weighted by molar-refractivity contribution is 5.79. The highest BCUT2D eigenvalue weighted by Crippen LogP contribution is 2.52. The van der Waals surface area contributed by atoms with Gasteiger partial charge in [-0.05, 0) is 71.3 Å². The molecule has 2 unspecified atom stereocenters. The lowest BCUT2D eigenvalue weighted by Crippen LogP contribution is -2.58. The Balaban J connectivity index is 2.52. The van der Waals surface area contributed by atoms with Gasteiger partial charge >= 0.3 is 5.97 Å². The van der Waals surface area contributed by atoms with Crippen LogP contribution < -0.4 is 0 Å². The molecule has 33 heavy (non-hydrogen) atoms. The van der Waals surface area contributed by atoms with Crippen molar-refractivity contribution in [2.24, 2.45) is 11.3 Å². The smallest absolute Gasteiger partial charge is 0.337 e. The van der Waals surface area contributed by atoms with Crippen molar-refractivity contribution in [3.8, 4) is 0 Å². The Morgan fingerprint density at radius 3 is 2.36 bits per heavy atom. The van der Waals surface area contributed by atoms with Crippen LogP contribution in [0.5, 0.6) is 0 Å². The number of carboxylic acids is 1. The van der Waals surface area contributed by atoms with Gasteiger partial charge in [-0.15, -0.1) is 0 Å². The predicted molar refractivity (Wildman–Crippen MR) is 128 cm³/mol. The lowest BCUT2D eigenvalue weighted by atomic mass is 9.62. The van der Waals surface area contributed by atoms with Crippen LogP contribution in [0.1, 0.15) is 105 Å². The van der Waals surface area contributed by atoms with Gasteiger partial charge in [0.15, 0.2) is 11.9 Å². The summed E-state index contributed by atoms with van der Waals surface area (Å²) in [7, 11) is 0. The van der Waals surface area contributed by atoms with Gasteiger partial charge in [0.1, 0.15) is 11.4 Å². The fourth-order valence-corrected chi connectivity index (χ4v) is 5.30. The van der Waals surface area contributed by atoms with Gasteiger partial charge < -0.3 is 19.7 Å². The van der Waals surface area contributed by atoms with Crippen LogP contribution in [0.4, 0.5) is 4.39 Å². The van der Waals surface area contributed by atoms with Gasteiger partial charge in [0.05, 0.1) is 12.0 Å². The summed E-state index contributed by atoms with van der Waals surface area (Å²) < 4.78 is 27.4. The van der Waals surface area contributed by atoms with Gasteiger partial charge in [-0.1, -0.05) is 44.8 Å². The molecule has 0 amide bonds. The van der Waals surface area contributed by atoms with E-state index < -0.39 is 28.9 Å². The quantitative estimate of drug-likeness (QED) is 0.232. The topological polar surface area (TPSA) is 76.0 Å². The molecule has 1 aliphatic carbocycles. The minimum atomic E-state index is -2.03. The number of rotatable bonds is 13. The standard InChI is InChI=1S/C27H45FO5/c1-5-7-17-25(3,28)19-16-22(33-23-15-11-12-20-32-23)26(4,18-8-6-2)27(31,24(29)30)21-13-9-10-14-21/h6,8,16,21,23,31H,5,7,9-15,17-20H2,1-4H3,(H,29,30)/t23?,25?,26-,27-/m0/s1. The van der Waals surface area contributed by atoms with Gasteiger partial charge in [-0.3, -0.25) is 0 Å². The van der Waals surface area contributed by atoms with Gasteiger partial charge in [-0.2, -0.15) is 0 Å². The molecule has 0 bridgehead atoms. The third-order valence-corrected chi connectivity index (χ3v) is 7.58. The molecule has 0 aromatic rings. The molecular weight excluding hydrogens is 423 g/mol. The van der Waals surface area contributed by atoms with Crippen LogP contribution in [0, 0.1) is 11.3 Å². The number of hydrogen-bond donors (Lipinski definition) is 2. The number of halogens is 1. The van der Waals surface area contributed by atoms with E-state index >= 15 is 4.39 Å². The van der Waals surface area contributed by atoms with Crippen LogP contribution in [0.25, 0.3) is 0 Å². The summed E-state index contributed by atoms with van der Waals surface area (Å²) >= 11 is 0. The third-order valence-electron chi connectivity index (χ3n) is 7.58. The Morgan fingerprint density at radius 1 is 1.15 bits per heavy atom. The first-order valence-corrected chi connectivity index (χ1v) is 12.9. The molecule has 0 radical (unpaired) electrons. The highest BCUT2D eigenvalue weighted by atomic mass is 19.1. The van der Waals surface area contributed by atoms with Crippen molar-refractivity contribution in [2.45, 2.75) is 122 Å². The summed E-state index contributed by atoms with van der Waals surface area (Å²) in [5.41, 5.74) is -4.73. The van der Waals surface area contributed by atoms with Gasteiger partial charge in [0, 0.05) is 12.8 Å². The number of hydrogen-bond acceptors (Lipinski definition) is 4. The van der Waals surface area contributed by atoms with Crippen LogP contribution in [0.15, 0.2) is 24.0 Å². The maximum atomic E-state index is 15.3. The van der Waals surface area contributed by atoms with E-state index in [0.717, 1.165) is 38.5 Å². The number of carboxylic acid groups (broad SMARTS) is 1. The molecule has 2 aliphatic rings. The first-order chi connectivity index (χ1) is 15.6. The molecular formula is C27H45FO5. The summed E-state index contributed by atoms with van der Waals surface area (Å²) in [4.78, 5) is 12.7. The highest BCUT2D eigenvalue weighted by Gasteiger charge is 2.60. The fourth-order valence-electron chi connectivity index (χ4n) is 5.30. The molecule has 2 fully saturated rings. The molecule has 4 atom stereocenters. The van der Waals surface area contributed by atoms with Gasteiger partial charge in [0.25, 0.3) is 0 Å². The van der Waals surface area contributed by atoms with Gasteiger partial charge in [-0.25, -0.2) is 9.18 Å². The molecule has 1 heterocycles. The largest absolute Gasteiger partial charge is 0.479 e. The number of ether oxygens (including phenoxy) is 2. The first kappa shape index (κ1) is 27.8. The number of carbonyl (C=O) groups is 1. The number of aliphatic carboxylic acids is 1. The van der Waals surface area contributed by atoms with E-state index in [0.29, 0.717) is 38.0 Å². The lowest BCUT2D eigenvalue weighted by molar-refractivity contribution is -0.198. The van der Waals surface area contributed by atoms with E-state index in [1.807, 2.05) is 26.0 Å². The first-order valence-electron chi connectivity index (χ1n) is 12.9. The third kappa shape index (κ3) is 6.82. The number of alkyl halides is 1. The molecule has 2 rings (SSSR count). The molecule has 1 saturated carbocycles. The monoisotopic (exact) mass is 468 g/mol. The zero-order chi connectivity index (χ0) is 24.5. The van der Waals surface area contributed by atoms with Crippen molar-refractivity contribution in [3.05, 3.63) is 24.0 Å². The Bertz CT molecular complexity index is 676. The molecule has 5 nitrogen and oxygen atoms in total. The summed E-state index contributed by atoms with van der Waals surface area (Å²) in [5, 5.41) is 22.3. The zero-order valence-electron chi connectivity index (χ0n) is 21.1. The number of aliphatic hydroxyl groups is 1. The van der Waals surface area contributed by atoms with E-state index in [9.17, 15) is 15.0 Å². The van der Waals surface area contributed by atoms with Crippen molar-refractivity contribution >= 4 is 5.97 Å². The number of unbranched alkanes of at least 4 members (excludes halogenated alkanes) is 1. The molecule has 190 valence electrons. The average Bonchev–Trinajstić information content (AvgIpc) is 3.34. The van der Waals surface area contributed by atoms with E-state index in [2.05, 4.69) is 0 Å². The molecule has 0 aromatic carbocycles. The van der Waals surface area contributed by atoms with Crippen molar-refractivity contribution in [1.82, 2.24) is 0 Å². The Morgan fingerprint density at radius 2 is 1.82 bits per heavy atom. The molecule has 0 spiro atoms. The Kier molecular flexibility index (Phi) is 10.4. The minimum absolute atomic E-state index is 0.0981. The van der Waals surface area contributed by atoms with Crippen LogP contribution in [-0.2, 0) is 14.3 Å². The summed E-state index contributed by atoms with van der Waals surface area (Å²) in [6.45, 7) is 7.82. The molecule has 1 saturated heterocycles. The van der Waals surface area contributed by atoms with E-state index in [1.165, 1.54) is 0 Å². The molecule has 0 aromatic heterocycles. The van der Waals surface area contributed by atoms with Crippen molar-refractivity contribution in [2.75, 3.05) is 6.61 Å². The zero-order valence-corrected chi connectivity index (χ0v) is 21.1. The SMILES string of the molecule is CC=CC[C@@](C)(C(=CCC(C)(F)CCCC)OC1CCCCO1)[C@@](O)(C(=O)O)C1CCCC1. The lowest BCUT2D eigenvalue weighted by Gasteiger charge is -2.47. The maximum Gasteiger partial charge on any atom is 0.337 e. The maximum absolute atomic E-state index is 15.3.